The van der Waals surface area contributed by atoms with E-state index in [2.05, 4.69) is 42.5 Å². The molecule has 0 aliphatic rings. The Hall–Kier alpha value is -1.32. The first-order chi connectivity index (χ1) is 9.43. The lowest BCUT2D eigenvalue weighted by atomic mass is 9.94. The van der Waals surface area contributed by atoms with E-state index in [-0.39, 0.29) is 6.04 Å². The zero-order valence-electron chi connectivity index (χ0n) is 12.8. The largest absolute Gasteiger partial charge is 0.313 e. The number of nitrogens with one attached hydrogen (secondary N) is 1. The maximum atomic E-state index is 6.35. The van der Waals surface area contributed by atoms with Crippen molar-refractivity contribution in [3.05, 3.63) is 51.3 Å². The highest BCUT2D eigenvalue weighted by Crippen LogP contribution is 2.27. The van der Waals surface area contributed by atoms with Crippen LogP contribution in [-0.2, 0) is 13.5 Å². The Kier molecular flexibility index (Phi) is 4.51. The Balaban J connectivity index is 2.36. The molecule has 0 fully saturated rings. The molecule has 1 N–H and O–H groups in total. The van der Waals surface area contributed by atoms with Gasteiger partial charge in [-0.05, 0) is 45.4 Å². The summed E-state index contributed by atoms with van der Waals surface area (Å²) in [5.74, 6) is 0. The molecular formula is C16H22ClN3. The van der Waals surface area contributed by atoms with Gasteiger partial charge in [-0.3, -0.25) is 4.68 Å². The molecule has 4 heteroatoms. The lowest BCUT2D eigenvalue weighted by molar-refractivity contribution is 0.587. The molecule has 1 aromatic carbocycles. The smallest absolute Gasteiger partial charge is 0.130 e. The van der Waals surface area contributed by atoms with Crippen LogP contribution in [-0.4, -0.2) is 16.8 Å². The summed E-state index contributed by atoms with van der Waals surface area (Å²) in [7, 11) is 3.87. The number of halogens is 1. The van der Waals surface area contributed by atoms with Crippen LogP contribution in [0.15, 0.2) is 18.2 Å². The molecule has 1 atom stereocenters. The first-order valence-corrected chi connectivity index (χ1v) is 7.24. The quantitative estimate of drug-likeness (QED) is 0.934. The van der Waals surface area contributed by atoms with Crippen molar-refractivity contribution in [1.29, 1.82) is 0 Å². The van der Waals surface area contributed by atoms with Gasteiger partial charge in [0, 0.05) is 18.7 Å². The van der Waals surface area contributed by atoms with Gasteiger partial charge in [-0.2, -0.15) is 5.10 Å². The van der Waals surface area contributed by atoms with Gasteiger partial charge in [0.15, 0.2) is 0 Å². The standard InChI is InChI=1S/C16H22ClN3/c1-10-6-7-11(2)13(8-10)15(18-4)9-14-12(3)19-20(5)16(14)17/h6-8,15,18H,9H2,1-5H3. The third-order valence-electron chi connectivity index (χ3n) is 3.84. The first kappa shape index (κ1) is 15.1. The van der Waals surface area contributed by atoms with E-state index >= 15 is 0 Å². The first-order valence-electron chi connectivity index (χ1n) is 6.86. The average molecular weight is 292 g/mol. The summed E-state index contributed by atoms with van der Waals surface area (Å²) in [4.78, 5) is 0. The summed E-state index contributed by atoms with van der Waals surface area (Å²) in [6.45, 7) is 6.28. The maximum absolute atomic E-state index is 6.35. The zero-order chi connectivity index (χ0) is 14.9. The number of likely N-dealkylation sites (N-methyl/N-ethyl adjacent to an activating group) is 1. The normalized spacial score (nSPS) is 12.7. The number of aromatic nitrogens is 2. The van der Waals surface area contributed by atoms with Gasteiger partial charge in [0.05, 0.1) is 5.69 Å². The molecule has 108 valence electrons. The monoisotopic (exact) mass is 291 g/mol. The molecule has 3 nitrogen and oxygen atoms in total. The third kappa shape index (κ3) is 2.89. The minimum Gasteiger partial charge on any atom is -0.313 e. The molecule has 0 saturated heterocycles. The van der Waals surface area contributed by atoms with E-state index in [4.69, 9.17) is 11.6 Å². The van der Waals surface area contributed by atoms with E-state index < -0.39 is 0 Å². The second kappa shape index (κ2) is 5.98. The van der Waals surface area contributed by atoms with Gasteiger partial charge in [-0.15, -0.1) is 0 Å². The highest BCUT2D eigenvalue weighted by atomic mass is 35.5. The van der Waals surface area contributed by atoms with Crippen LogP contribution in [0.1, 0.15) is 34.0 Å². The van der Waals surface area contributed by atoms with Crippen LogP contribution >= 0.6 is 11.6 Å². The Morgan fingerprint density at radius 3 is 2.55 bits per heavy atom. The van der Waals surface area contributed by atoms with Crippen molar-refractivity contribution in [2.24, 2.45) is 7.05 Å². The number of benzene rings is 1. The molecule has 0 saturated carbocycles. The molecule has 20 heavy (non-hydrogen) atoms. The van der Waals surface area contributed by atoms with Crippen LogP contribution in [0.25, 0.3) is 0 Å². The maximum Gasteiger partial charge on any atom is 0.130 e. The van der Waals surface area contributed by atoms with Crippen molar-refractivity contribution in [2.75, 3.05) is 7.05 Å². The van der Waals surface area contributed by atoms with Crippen LogP contribution in [0.5, 0.6) is 0 Å². The van der Waals surface area contributed by atoms with Gasteiger partial charge in [0.1, 0.15) is 5.15 Å². The molecule has 0 aliphatic heterocycles. The number of hydrogen-bond acceptors (Lipinski definition) is 2. The highest BCUT2D eigenvalue weighted by Gasteiger charge is 2.18. The molecule has 0 amide bonds. The van der Waals surface area contributed by atoms with E-state index in [1.165, 1.54) is 16.7 Å². The van der Waals surface area contributed by atoms with Crippen LogP contribution in [0.4, 0.5) is 0 Å². The van der Waals surface area contributed by atoms with Gasteiger partial charge >= 0.3 is 0 Å². The van der Waals surface area contributed by atoms with Crippen molar-refractivity contribution < 1.29 is 0 Å². The van der Waals surface area contributed by atoms with Crippen molar-refractivity contribution in [3.8, 4) is 0 Å². The summed E-state index contributed by atoms with van der Waals surface area (Å²) < 4.78 is 1.74. The average Bonchev–Trinajstić information content (AvgIpc) is 2.65. The molecule has 0 aliphatic carbocycles. The van der Waals surface area contributed by atoms with Crippen molar-refractivity contribution >= 4 is 11.6 Å². The fourth-order valence-electron chi connectivity index (χ4n) is 2.61. The van der Waals surface area contributed by atoms with Gasteiger partial charge < -0.3 is 5.32 Å². The second-order valence-electron chi connectivity index (χ2n) is 5.38. The molecule has 2 aromatic rings. The predicted octanol–water partition coefficient (Wildman–Crippen LogP) is 3.50. The Morgan fingerprint density at radius 1 is 1.30 bits per heavy atom. The van der Waals surface area contributed by atoms with Crippen LogP contribution in [0.3, 0.4) is 0 Å². The number of nitrogens with zero attached hydrogens (tertiary/aromatic N) is 2. The van der Waals surface area contributed by atoms with Gasteiger partial charge in [-0.25, -0.2) is 0 Å². The summed E-state index contributed by atoms with van der Waals surface area (Å²) in [6.07, 6.45) is 0.847. The van der Waals surface area contributed by atoms with Crippen LogP contribution < -0.4 is 5.32 Å². The highest BCUT2D eigenvalue weighted by molar-refractivity contribution is 6.30. The molecule has 0 bridgehead atoms. The minimum atomic E-state index is 0.246. The van der Waals surface area contributed by atoms with E-state index in [0.717, 1.165) is 22.8 Å². The molecule has 1 heterocycles. The van der Waals surface area contributed by atoms with Gasteiger partial charge in [0.25, 0.3) is 0 Å². The Labute approximate surface area is 126 Å². The van der Waals surface area contributed by atoms with Crippen LogP contribution in [0, 0.1) is 20.8 Å². The number of hydrogen-bond donors (Lipinski definition) is 1. The van der Waals surface area contributed by atoms with Gasteiger partial charge in [0.2, 0.25) is 0 Å². The van der Waals surface area contributed by atoms with E-state index in [1.54, 1.807) is 4.68 Å². The zero-order valence-corrected chi connectivity index (χ0v) is 13.5. The lowest BCUT2D eigenvalue weighted by Gasteiger charge is -2.19. The van der Waals surface area contributed by atoms with Crippen molar-refractivity contribution in [1.82, 2.24) is 15.1 Å². The SMILES string of the molecule is CNC(Cc1c(C)nn(C)c1Cl)c1cc(C)ccc1C. The molecule has 1 aromatic heterocycles. The molecule has 1 unspecified atom stereocenters. The molecule has 0 spiro atoms. The Morgan fingerprint density at radius 2 is 2.00 bits per heavy atom. The fraction of sp³-hybridized carbons (Fsp3) is 0.438. The number of aryl methyl sites for hydroxylation is 4. The van der Waals surface area contributed by atoms with E-state index in [9.17, 15) is 0 Å². The summed E-state index contributed by atoms with van der Waals surface area (Å²) >= 11 is 6.35. The van der Waals surface area contributed by atoms with E-state index in [0.29, 0.717) is 0 Å². The van der Waals surface area contributed by atoms with Crippen molar-refractivity contribution in [2.45, 2.75) is 33.2 Å². The predicted molar refractivity (Wildman–Crippen MR) is 84.4 cm³/mol. The molecule has 0 radical (unpaired) electrons. The second-order valence-corrected chi connectivity index (χ2v) is 5.74. The minimum absolute atomic E-state index is 0.246. The third-order valence-corrected chi connectivity index (χ3v) is 4.31. The van der Waals surface area contributed by atoms with Crippen molar-refractivity contribution in [3.63, 3.8) is 0 Å². The Bertz CT molecular complexity index is 616. The topological polar surface area (TPSA) is 29.9 Å². The fourth-order valence-corrected chi connectivity index (χ4v) is 2.86. The summed E-state index contributed by atoms with van der Waals surface area (Å²) in [6, 6.07) is 6.81. The summed E-state index contributed by atoms with van der Waals surface area (Å²) in [5, 5.41) is 8.52. The summed E-state index contributed by atoms with van der Waals surface area (Å²) in [5.41, 5.74) is 6.02. The van der Waals surface area contributed by atoms with Crippen LogP contribution in [0.2, 0.25) is 5.15 Å². The number of rotatable bonds is 4. The van der Waals surface area contributed by atoms with Gasteiger partial charge in [-0.1, -0.05) is 35.4 Å². The molecule has 2 rings (SSSR count). The molecular weight excluding hydrogens is 270 g/mol. The van der Waals surface area contributed by atoms with E-state index in [1.807, 2.05) is 21.0 Å². The lowest BCUT2D eigenvalue weighted by Crippen LogP contribution is -2.20.